The Morgan fingerprint density at radius 1 is 1.22 bits per heavy atom. The summed E-state index contributed by atoms with van der Waals surface area (Å²) in [5.41, 5.74) is 4.16. The van der Waals surface area contributed by atoms with Crippen molar-refractivity contribution in [3.05, 3.63) is 65.2 Å². The number of hydrogen-bond donors (Lipinski definition) is 0. The average molecular weight is 308 g/mol. The quantitative estimate of drug-likeness (QED) is 0.867. The number of methoxy groups -OCH3 is 1. The van der Waals surface area contributed by atoms with Gasteiger partial charge in [0.05, 0.1) is 18.9 Å². The molecule has 0 fully saturated rings. The first-order chi connectivity index (χ1) is 11.1. The van der Waals surface area contributed by atoms with E-state index in [1.807, 2.05) is 36.4 Å². The maximum absolute atomic E-state index is 12.1. The van der Waals surface area contributed by atoms with Gasteiger partial charge < -0.3 is 4.74 Å². The minimum atomic E-state index is -0.126. The molecule has 1 aliphatic rings. The van der Waals surface area contributed by atoms with Crippen LogP contribution >= 0.6 is 0 Å². The molecule has 23 heavy (non-hydrogen) atoms. The van der Waals surface area contributed by atoms with Gasteiger partial charge in [-0.25, -0.2) is 5.01 Å². The maximum Gasteiger partial charge on any atom is 0.240 e. The van der Waals surface area contributed by atoms with Gasteiger partial charge in [-0.05, 0) is 18.6 Å². The van der Waals surface area contributed by atoms with Crippen molar-refractivity contribution in [2.45, 2.75) is 26.3 Å². The number of ether oxygens (including phenoxy) is 1. The number of hydrogen-bond acceptors (Lipinski definition) is 3. The zero-order valence-corrected chi connectivity index (χ0v) is 13.6. The summed E-state index contributed by atoms with van der Waals surface area (Å²) >= 11 is 0. The first-order valence-corrected chi connectivity index (χ1v) is 7.67. The van der Waals surface area contributed by atoms with E-state index < -0.39 is 0 Å². The lowest BCUT2D eigenvalue weighted by Crippen LogP contribution is -2.24. The number of amides is 1. The summed E-state index contributed by atoms with van der Waals surface area (Å²) < 4.78 is 5.46. The molecular weight excluding hydrogens is 288 g/mol. The van der Waals surface area contributed by atoms with E-state index in [-0.39, 0.29) is 11.9 Å². The van der Waals surface area contributed by atoms with Crippen LogP contribution in [0, 0.1) is 6.92 Å². The summed E-state index contributed by atoms with van der Waals surface area (Å²) in [6.45, 7) is 3.60. The second kappa shape index (κ2) is 6.24. The Bertz CT molecular complexity index is 767. The van der Waals surface area contributed by atoms with Crippen molar-refractivity contribution in [3.63, 3.8) is 0 Å². The molecule has 1 atom stereocenters. The van der Waals surface area contributed by atoms with Gasteiger partial charge in [0.1, 0.15) is 5.75 Å². The highest BCUT2D eigenvalue weighted by Crippen LogP contribution is 2.37. The Labute approximate surface area is 136 Å². The molecule has 2 aromatic carbocycles. The van der Waals surface area contributed by atoms with Crippen molar-refractivity contribution in [1.82, 2.24) is 5.01 Å². The number of rotatable bonds is 3. The van der Waals surface area contributed by atoms with Crippen molar-refractivity contribution in [3.8, 4) is 5.75 Å². The highest BCUT2D eigenvalue weighted by Gasteiger charge is 2.33. The number of hydrazone groups is 1. The molecule has 4 heteroatoms. The highest BCUT2D eigenvalue weighted by atomic mass is 16.5. The Morgan fingerprint density at radius 2 is 2.00 bits per heavy atom. The molecule has 2 aromatic rings. The lowest BCUT2D eigenvalue weighted by molar-refractivity contribution is -0.130. The average Bonchev–Trinajstić information content (AvgIpc) is 3.00. The van der Waals surface area contributed by atoms with Crippen molar-refractivity contribution >= 4 is 11.6 Å². The second-order valence-electron chi connectivity index (χ2n) is 5.74. The highest BCUT2D eigenvalue weighted by molar-refractivity contribution is 6.03. The first-order valence-electron chi connectivity index (χ1n) is 7.67. The van der Waals surface area contributed by atoms with Crippen LogP contribution in [0.5, 0.6) is 5.75 Å². The van der Waals surface area contributed by atoms with E-state index in [9.17, 15) is 4.79 Å². The maximum atomic E-state index is 12.1. The molecule has 4 nitrogen and oxygen atoms in total. The fourth-order valence-electron chi connectivity index (χ4n) is 2.98. The molecule has 0 unspecified atom stereocenters. The van der Waals surface area contributed by atoms with Gasteiger partial charge in [0.25, 0.3) is 0 Å². The van der Waals surface area contributed by atoms with E-state index >= 15 is 0 Å². The van der Waals surface area contributed by atoms with Gasteiger partial charge in [0.15, 0.2) is 0 Å². The fourth-order valence-corrected chi connectivity index (χ4v) is 2.98. The first kappa shape index (κ1) is 15.3. The number of aryl methyl sites for hydroxylation is 1. The third kappa shape index (κ3) is 2.97. The second-order valence-corrected chi connectivity index (χ2v) is 5.74. The molecule has 118 valence electrons. The molecule has 0 bridgehead atoms. The van der Waals surface area contributed by atoms with Gasteiger partial charge in [-0.2, -0.15) is 5.10 Å². The number of para-hydroxylation sites is 1. The third-order valence-corrected chi connectivity index (χ3v) is 4.08. The molecule has 0 radical (unpaired) electrons. The van der Waals surface area contributed by atoms with Gasteiger partial charge in [0, 0.05) is 18.9 Å². The van der Waals surface area contributed by atoms with Crippen LogP contribution in [0.4, 0.5) is 0 Å². The summed E-state index contributed by atoms with van der Waals surface area (Å²) in [7, 11) is 1.65. The van der Waals surface area contributed by atoms with Gasteiger partial charge in [-0.1, -0.05) is 48.0 Å². The van der Waals surface area contributed by atoms with Crippen LogP contribution in [0.15, 0.2) is 53.6 Å². The Morgan fingerprint density at radius 3 is 2.70 bits per heavy atom. The number of nitrogens with zero attached hydrogens (tertiary/aromatic N) is 2. The van der Waals surface area contributed by atoms with E-state index in [1.54, 1.807) is 19.0 Å². The molecule has 3 rings (SSSR count). The van der Waals surface area contributed by atoms with E-state index in [2.05, 4.69) is 24.2 Å². The minimum absolute atomic E-state index is 0.0661. The van der Waals surface area contributed by atoms with Crippen LogP contribution in [-0.4, -0.2) is 23.7 Å². The SMILES string of the molecule is COc1ccccc1[C@H]1CC(c2cccc(C)c2)=NN1C(C)=O. The molecular formula is C19H20N2O2. The predicted octanol–water partition coefficient (Wildman–Crippen LogP) is 3.70. The van der Waals surface area contributed by atoms with E-state index in [0.717, 1.165) is 22.6 Å². The molecule has 0 saturated heterocycles. The minimum Gasteiger partial charge on any atom is -0.496 e. The standard InChI is InChI=1S/C19H20N2O2/c1-13-7-6-8-15(11-13)17-12-18(21(20-17)14(2)22)16-9-4-5-10-19(16)23-3/h4-11,18H,12H2,1-3H3/t18-/m1/s1. The van der Waals surface area contributed by atoms with Gasteiger partial charge in [0.2, 0.25) is 5.91 Å². The van der Waals surface area contributed by atoms with E-state index in [4.69, 9.17) is 4.74 Å². The van der Waals surface area contributed by atoms with Crippen LogP contribution in [-0.2, 0) is 4.79 Å². The topological polar surface area (TPSA) is 41.9 Å². The summed E-state index contributed by atoms with van der Waals surface area (Å²) in [5, 5.41) is 6.14. The summed E-state index contributed by atoms with van der Waals surface area (Å²) in [6, 6.07) is 15.9. The van der Waals surface area contributed by atoms with Crippen LogP contribution in [0.2, 0.25) is 0 Å². The smallest absolute Gasteiger partial charge is 0.240 e. The molecule has 0 aliphatic carbocycles. The Hall–Kier alpha value is -2.62. The van der Waals surface area contributed by atoms with Crippen molar-refractivity contribution in [2.75, 3.05) is 7.11 Å². The largest absolute Gasteiger partial charge is 0.496 e. The molecule has 1 amide bonds. The molecule has 0 aromatic heterocycles. The number of carbonyl (C=O) groups excluding carboxylic acids is 1. The molecule has 1 heterocycles. The zero-order chi connectivity index (χ0) is 16.4. The van der Waals surface area contributed by atoms with Crippen LogP contribution in [0.25, 0.3) is 0 Å². The van der Waals surface area contributed by atoms with Gasteiger partial charge in [-0.15, -0.1) is 0 Å². The molecule has 0 spiro atoms. The number of benzene rings is 2. The lowest BCUT2D eigenvalue weighted by Gasteiger charge is -2.22. The molecule has 0 saturated carbocycles. The number of carbonyl (C=O) groups is 1. The summed E-state index contributed by atoms with van der Waals surface area (Å²) in [5.74, 6) is 0.716. The Balaban J connectivity index is 1.99. The van der Waals surface area contributed by atoms with Crippen LogP contribution < -0.4 is 4.74 Å². The van der Waals surface area contributed by atoms with E-state index in [0.29, 0.717) is 6.42 Å². The predicted molar refractivity (Wildman–Crippen MR) is 90.6 cm³/mol. The Kier molecular flexibility index (Phi) is 4.15. The summed E-state index contributed by atoms with van der Waals surface area (Å²) in [4.78, 5) is 12.1. The van der Waals surface area contributed by atoms with Crippen molar-refractivity contribution in [2.24, 2.45) is 5.10 Å². The van der Waals surface area contributed by atoms with Gasteiger partial charge >= 0.3 is 0 Å². The van der Waals surface area contributed by atoms with Gasteiger partial charge in [-0.3, -0.25) is 4.79 Å². The molecule has 0 N–H and O–H groups in total. The van der Waals surface area contributed by atoms with E-state index in [1.165, 1.54) is 5.56 Å². The molecule has 1 aliphatic heterocycles. The summed E-state index contributed by atoms with van der Waals surface area (Å²) in [6.07, 6.45) is 0.684. The van der Waals surface area contributed by atoms with Crippen molar-refractivity contribution < 1.29 is 9.53 Å². The van der Waals surface area contributed by atoms with Crippen LogP contribution in [0.1, 0.15) is 36.1 Å². The lowest BCUT2D eigenvalue weighted by atomic mass is 9.97. The third-order valence-electron chi connectivity index (χ3n) is 4.08. The monoisotopic (exact) mass is 308 g/mol. The van der Waals surface area contributed by atoms with Crippen LogP contribution in [0.3, 0.4) is 0 Å². The normalized spacial score (nSPS) is 17.1. The zero-order valence-electron chi connectivity index (χ0n) is 13.6. The fraction of sp³-hybridized carbons (Fsp3) is 0.263. The van der Waals surface area contributed by atoms with Crippen molar-refractivity contribution in [1.29, 1.82) is 0 Å².